The summed E-state index contributed by atoms with van der Waals surface area (Å²) in [5, 5.41) is 0.692. The predicted molar refractivity (Wildman–Crippen MR) is 142 cm³/mol. The Morgan fingerprint density at radius 1 is 0.971 bits per heavy atom. The number of amides is 2. The highest BCUT2D eigenvalue weighted by atomic mass is 79.9. The molecular weight excluding hydrogens is 530 g/mol. The molecule has 2 amide bonds. The Balaban J connectivity index is 1.33. The molecule has 2 aliphatic heterocycles. The van der Waals surface area contributed by atoms with Crippen LogP contribution in [0.4, 0.5) is 11.4 Å². The minimum atomic E-state index is -0.342. The van der Waals surface area contributed by atoms with Gasteiger partial charge in [-0.1, -0.05) is 63.9 Å². The maximum Gasteiger partial charge on any atom is 0.294 e. The molecule has 0 N–H and O–H groups in total. The molecule has 3 aromatic rings. The van der Waals surface area contributed by atoms with Crippen molar-refractivity contribution in [3.63, 3.8) is 0 Å². The van der Waals surface area contributed by atoms with Gasteiger partial charge in [-0.05, 0) is 48.0 Å². The predicted octanol–water partition coefficient (Wildman–Crippen LogP) is 5.22. The van der Waals surface area contributed by atoms with E-state index in [1.165, 1.54) is 4.90 Å². The van der Waals surface area contributed by atoms with Gasteiger partial charge in [0.2, 0.25) is 5.91 Å². The van der Waals surface area contributed by atoms with Crippen molar-refractivity contribution in [3.05, 3.63) is 93.6 Å². The van der Waals surface area contributed by atoms with Crippen LogP contribution in [0.15, 0.2) is 83.0 Å². The molecule has 6 nitrogen and oxygen atoms in total. The minimum Gasteiger partial charge on any atom is -0.449 e. The van der Waals surface area contributed by atoms with Crippen LogP contribution in [0.25, 0.3) is 6.08 Å². The number of halogens is 2. The van der Waals surface area contributed by atoms with E-state index in [0.29, 0.717) is 42.6 Å². The number of hydrogen-bond acceptors (Lipinski definition) is 4. The van der Waals surface area contributed by atoms with Crippen molar-refractivity contribution < 1.29 is 14.3 Å². The zero-order valence-corrected chi connectivity index (χ0v) is 21.2. The fraction of sp³-hybridized carbons (Fsp3) is 0.185. The van der Waals surface area contributed by atoms with Gasteiger partial charge in [0, 0.05) is 41.4 Å². The van der Waals surface area contributed by atoms with Crippen LogP contribution in [0.5, 0.6) is 5.75 Å². The van der Waals surface area contributed by atoms with E-state index in [1.54, 1.807) is 18.2 Å². The SMILES string of the molecule is O=C(CN1C(=O)C(=Cc2ccccc2Br)Oc2ccccc21)N1CCN(c2cccc(Cl)c2)CC1. The van der Waals surface area contributed by atoms with Crippen molar-refractivity contribution in [2.75, 3.05) is 42.5 Å². The van der Waals surface area contributed by atoms with Gasteiger partial charge >= 0.3 is 0 Å². The molecule has 1 saturated heterocycles. The Morgan fingerprint density at radius 2 is 1.71 bits per heavy atom. The number of nitrogens with zero attached hydrogens (tertiary/aromatic N) is 3. The summed E-state index contributed by atoms with van der Waals surface area (Å²) in [5.74, 6) is 0.282. The first-order valence-electron chi connectivity index (χ1n) is 11.3. The molecule has 3 aromatic carbocycles. The lowest BCUT2D eigenvalue weighted by molar-refractivity contribution is -0.131. The zero-order valence-electron chi connectivity index (χ0n) is 18.9. The van der Waals surface area contributed by atoms with Gasteiger partial charge in [0.1, 0.15) is 6.54 Å². The van der Waals surface area contributed by atoms with E-state index in [0.717, 1.165) is 15.7 Å². The second-order valence-electron chi connectivity index (χ2n) is 8.34. The first-order valence-corrected chi connectivity index (χ1v) is 12.5. The van der Waals surface area contributed by atoms with Gasteiger partial charge in [-0.15, -0.1) is 0 Å². The summed E-state index contributed by atoms with van der Waals surface area (Å²) in [6.07, 6.45) is 1.70. The number of carbonyl (C=O) groups is 2. The molecule has 0 aliphatic carbocycles. The molecule has 0 aromatic heterocycles. The van der Waals surface area contributed by atoms with Crippen LogP contribution in [0.1, 0.15) is 5.56 Å². The van der Waals surface area contributed by atoms with Gasteiger partial charge in [0.15, 0.2) is 11.5 Å². The van der Waals surface area contributed by atoms with Crippen LogP contribution in [0.3, 0.4) is 0 Å². The molecule has 1 fully saturated rings. The van der Waals surface area contributed by atoms with E-state index in [2.05, 4.69) is 20.8 Å². The Kier molecular flexibility index (Phi) is 6.79. The number of carbonyl (C=O) groups excluding carboxylic acids is 2. The topological polar surface area (TPSA) is 53.1 Å². The van der Waals surface area contributed by atoms with Crippen molar-refractivity contribution in [2.24, 2.45) is 0 Å². The van der Waals surface area contributed by atoms with Gasteiger partial charge in [-0.25, -0.2) is 0 Å². The van der Waals surface area contributed by atoms with E-state index >= 15 is 0 Å². The maximum absolute atomic E-state index is 13.4. The minimum absolute atomic E-state index is 0.0519. The molecule has 0 unspecified atom stereocenters. The van der Waals surface area contributed by atoms with Gasteiger partial charge < -0.3 is 14.5 Å². The summed E-state index contributed by atoms with van der Waals surface area (Å²) in [6, 6.07) is 22.6. The molecule has 2 aliphatic rings. The summed E-state index contributed by atoms with van der Waals surface area (Å²) in [5.41, 5.74) is 2.45. The summed E-state index contributed by atoms with van der Waals surface area (Å²) in [4.78, 5) is 32.2. The number of para-hydroxylation sites is 2. The molecule has 178 valence electrons. The third-order valence-electron chi connectivity index (χ3n) is 6.12. The highest BCUT2D eigenvalue weighted by Crippen LogP contribution is 2.36. The van der Waals surface area contributed by atoms with Crippen LogP contribution >= 0.6 is 27.5 Å². The Labute approximate surface area is 217 Å². The van der Waals surface area contributed by atoms with E-state index in [1.807, 2.05) is 65.6 Å². The average Bonchev–Trinajstić information content (AvgIpc) is 2.88. The lowest BCUT2D eigenvalue weighted by Gasteiger charge is -2.37. The molecule has 5 rings (SSSR count). The zero-order chi connectivity index (χ0) is 24.4. The number of hydrogen-bond donors (Lipinski definition) is 0. The highest BCUT2D eigenvalue weighted by Gasteiger charge is 2.33. The fourth-order valence-electron chi connectivity index (χ4n) is 4.27. The Hall–Kier alpha value is -3.29. The highest BCUT2D eigenvalue weighted by molar-refractivity contribution is 9.10. The number of fused-ring (bicyclic) bond motifs is 1. The molecule has 0 radical (unpaired) electrons. The number of benzene rings is 3. The van der Waals surface area contributed by atoms with Gasteiger partial charge in [0.25, 0.3) is 5.91 Å². The monoisotopic (exact) mass is 551 g/mol. The van der Waals surface area contributed by atoms with Gasteiger partial charge in [-0.3, -0.25) is 14.5 Å². The van der Waals surface area contributed by atoms with Crippen LogP contribution in [0, 0.1) is 0 Å². The Bertz CT molecular complexity index is 1300. The van der Waals surface area contributed by atoms with Crippen molar-refractivity contribution >= 4 is 56.8 Å². The number of rotatable bonds is 4. The van der Waals surface area contributed by atoms with Crippen LogP contribution in [-0.2, 0) is 9.59 Å². The summed E-state index contributed by atoms with van der Waals surface area (Å²) in [7, 11) is 0. The van der Waals surface area contributed by atoms with Crippen LogP contribution in [0.2, 0.25) is 5.02 Å². The summed E-state index contributed by atoms with van der Waals surface area (Å²) < 4.78 is 6.79. The molecule has 0 saturated carbocycles. The maximum atomic E-state index is 13.4. The fourth-order valence-corrected chi connectivity index (χ4v) is 4.86. The average molecular weight is 553 g/mol. The first kappa shape index (κ1) is 23.5. The smallest absolute Gasteiger partial charge is 0.294 e. The van der Waals surface area contributed by atoms with E-state index in [-0.39, 0.29) is 24.1 Å². The normalized spacial score (nSPS) is 16.8. The van der Waals surface area contributed by atoms with Gasteiger partial charge in [-0.2, -0.15) is 0 Å². The van der Waals surface area contributed by atoms with Crippen LogP contribution in [-0.4, -0.2) is 49.4 Å². The second kappa shape index (κ2) is 10.1. The van der Waals surface area contributed by atoms with Crippen molar-refractivity contribution in [1.29, 1.82) is 0 Å². The largest absolute Gasteiger partial charge is 0.449 e. The standard InChI is InChI=1S/C27H23BrClN3O3/c28-22-9-2-1-6-19(22)16-25-27(34)32(23-10-3-4-11-24(23)35-25)18-26(33)31-14-12-30(13-15-31)21-8-5-7-20(29)17-21/h1-11,16-17H,12-15,18H2. The lowest BCUT2D eigenvalue weighted by atomic mass is 10.1. The number of piperazine rings is 1. The molecule has 8 heteroatoms. The van der Waals surface area contributed by atoms with E-state index in [9.17, 15) is 9.59 Å². The van der Waals surface area contributed by atoms with E-state index in [4.69, 9.17) is 16.3 Å². The number of ether oxygens (including phenoxy) is 1. The first-order chi connectivity index (χ1) is 17.0. The third kappa shape index (κ3) is 5.06. The van der Waals surface area contributed by atoms with Crippen LogP contribution < -0.4 is 14.5 Å². The molecule has 2 heterocycles. The molecular formula is C27H23BrClN3O3. The lowest BCUT2D eigenvalue weighted by Crippen LogP contribution is -2.52. The van der Waals surface area contributed by atoms with Gasteiger partial charge in [0.05, 0.1) is 5.69 Å². The second-order valence-corrected chi connectivity index (χ2v) is 9.63. The number of anilines is 2. The molecule has 0 bridgehead atoms. The molecule has 0 atom stereocenters. The third-order valence-corrected chi connectivity index (χ3v) is 7.08. The Morgan fingerprint density at radius 3 is 2.49 bits per heavy atom. The van der Waals surface area contributed by atoms with Crippen molar-refractivity contribution in [2.45, 2.75) is 0 Å². The summed E-state index contributed by atoms with van der Waals surface area (Å²) >= 11 is 9.64. The van der Waals surface area contributed by atoms with E-state index < -0.39 is 0 Å². The molecule has 0 spiro atoms. The quantitative estimate of drug-likeness (QED) is 0.417. The van der Waals surface area contributed by atoms with Crippen molar-refractivity contribution in [3.8, 4) is 5.75 Å². The summed E-state index contributed by atoms with van der Waals surface area (Å²) in [6.45, 7) is 2.50. The van der Waals surface area contributed by atoms with Crippen molar-refractivity contribution in [1.82, 2.24) is 4.90 Å². The molecule has 35 heavy (non-hydrogen) atoms.